The first-order valence-corrected chi connectivity index (χ1v) is 12.6. The molecule has 7 heteroatoms. The zero-order chi connectivity index (χ0) is 26.6. The number of nitro groups is 1. The molecule has 2 unspecified atom stereocenters. The normalized spacial score (nSPS) is 16.9. The molecule has 1 aliphatic carbocycles. The average molecular weight is 504 g/mol. The first-order chi connectivity index (χ1) is 17.6. The Bertz CT molecular complexity index is 1250. The maximum absolute atomic E-state index is 13.2. The van der Waals surface area contributed by atoms with E-state index in [4.69, 9.17) is 9.47 Å². The van der Waals surface area contributed by atoms with Gasteiger partial charge in [-0.05, 0) is 73.8 Å². The number of carbonyl (C=O) groups excluding carboxylic acids is 1. The third-order valence-electron chi connectivity index (χ3n) is 6.80. The molecule has 194 valence electrons. The second-order valence-corrected chi connectivity index (χ2v) is 10.6. The highest BCUT2D eigenvalue weighted by Gasteiger charge is 2.39. The van der Waals surface area contributed by atoms with E-state index in [0.717, 1.165) is 24.8 Å². The maximum atomic E-state index is 13.2. The fourth-order valence-electron chi connectivity index (χ4n) is 5.08. The van der Waals surface area contributed by atoms with Crippen LogP contribution in [0, 0.1) is 15.5 Å². The smallest absolute Gasteiger partial charge is 0.318 e. The molecule has 2 atom stereocenters. The number of non-ortho nitro benzene ring substituents is 1. The molecule has 0 spiro atoms. The molecule has 1 N–H and O–H groups in total. The van der Waals surface area contributed by atoms with Crippen molar-refractivity contribution >= 4 is 11.7 Å². The van der Waals surface area contributed by atoms with Crippen LogP contribution in [-0.4, -0.2) is 22.1 Å². The second-order valence-electron chi connectivity index (χ2n) is 10.6. The molecule has 0 amide bonds. The van der Waals surface area contributed by atoms with E-state index in [1.54, 1.807) is 6.07 Å². The highest BCUT2D eigenvalue weighted by molar-refractivity contribution is 5.82. The average Bonchev–Trinajstić information content (AvgIpc) is 2.83. The van der Waals surface area contributed by atoms with E-state index in [1.165, 1.54) is 29.8 Å². The molecular formula is C30H33NO6. The topological polar surface area (TPSA) is 98.9 Å². The monoisotopic (exact) mass is 503 g/mol. The van der Waals surface area contributed by atoms with Gasteiger partial charge in [-0.2, -0.15) is 0 Å². The van der Waals surface area contributed by atoms with Crippen LogP contribution < -0.4 is 9.47 Å². The number of phenols is 1. The van der Waals surface area contributed by atoms with Crippen LogP contribution in [0.4, 0.5) is 5.69 Å². The van der Waals surface area contributed by atoms with E-state index < -0.39 is 16.8 Å². The van der Waals surface area contributed by atoms with Crippen molar-refractivity contribution in [2.75, 3.05) is 0 Å². The standard InChI is InChI=1S/C30H33NO6/c1-20(8-7-11-21-9-5-4-6-10-21)36-25-16-22-18-30(2,3)19-26(28(22)27(32)17-25)29(33)37-24-14-12-23(13-15-24)31(34)35/h4-6,9-10,12-17,20,26,32H,7-8,11,18-19H2,1-3H3. The van der Waals surface area contributed by atoms with E-state index >= 15 is 0 Å². The van der Waals surface area contributed by atoms with Crippen molar-refractivity contribution in [2.24, 2.45) is 5.41 Å². The molecule has 0 radical (unpaired) electrons. The number of rotatable bonds is 9. The molecule has 0 heterocycles. The largest absolute Gasteiger partial charge is 0.507 e. The van der Waals surface area contributed by atoms with Gasteiger partial charge < -0.3 is 14.6 Å². The van der Waals surface area contributed by atoms with Crippen LogP contribution >= 0.6 is 0 Å². The van der Waals surface area contributed by atoms with Gasteiger partial charge in [0, 0.05) is 23.8 Å². The Balaban J connectivity index is 1.46. The fraction of sp³-hybridized carbons (Fsp3) is 0.367. The number of esters is 1. The molecular weight excluding hydrogens is 470 g/mol. The van der Waals surface area contributed by atoms with Crippen molar-refractivity contribution in [2.45, 2.75) is 64.9 Å². The summed E-state index contributed by atoms with van der Waals surface area (Å²) >= 11 is 0. The first-order valence-electron chi connectivity index (χ1n) is 12.6. The number of hydrogen-bond acceptors (Lipinski definition) is 6. The molecule has 3 aromatic carbocycles. The molecule has 7 nitrogen and oxygen atoms in total. The summed E-state index contributed by atoms with van der Waals surface area (Å²) in [5.74, 6) is -0.328. The van der Waals surface area contributed by atoms with Crippen molar-refractivity contribution in [1.82, 2.24) is 0 Å². The minimum absolute atomic E-state index is 0.0186. The number of nitro benzene ring substituents is 1. The first kappa shape index (κ1) is 26.2. The summed E-state index contributed by atoms with van der Waals surface area (Å²) in [6.45, 7) is 6.19. The molecule has 0 bridgehead atoms. The Labute approximate surface area is 217 Å². The van der Waals surface area contributed by atoms with Crippen LogP contribution in [-0.2, 0) is 17.6 Å². The van der Waals surface area contributed by atoms with Crippen LogP contribution in [0.5, 0.6) is 17.2 Å². The number of benzene rings is 3. The Morgan fingerprint density at radius 2 is 1.81 bits per heavy atom. The number of carbonyl (C=O) groups is 1. The molecule has 37 heavy (non-hydrogen) atoms. The molecule has 0 saturated carbocycles. The number of aromatic hydroxyl groups is 1. The van der Waals surface area contributed by atoms with Gasteiger partial charge in [0.15, 0.2) is 0 Å². The lowest BCUT2D eigenvalue weighted by atomic mass is 9.69. The Hall–Kier alpha value is -3.87. The Morgan fingerprint density at radius 1 is 1.11 bits per heavy atom. The Kier molecular flexibility index (Phi) is 7.81. The summed E-state index contributed by atoms with van der Waals surface area (Å²) in [6, 6.07) is 19.2. The number of ether oxygens (including phenoxy) is 2. The lowest BCUT2D eigenvalue weighted by Crippen LogP contribution is -2.32. The predicted molar refractivity (Wildman–Crippen MR) is 141 cm³/mol. The molecule has 0 aromatic heterocycles. The minimum Gasteiger partial charge on any atom is -0.507 e. The van der Waals surface area contributed by atoms with Gasteiger partial charge in [-0.15, -0.1) is 0 Å². The van der Waals surface area contributed by atoms with E-state index in [1.807, 2.05) is 31.2 Å². The van der Waals surface area contributed by atoms with Gasteiger partial charge in [-0.25, -0.2) is 0 Å². The number of hydrogen-bond donors (Lipinski definition) is 1. The molecule has 0 fully saturated rings. The summed E-state index contributed by atoms with van der Waals surface area (Å²) in [4.78, 5) is 23.6. The highest BCUT2D eigenvalue weighted by Crippen LogP contribution is 2.47. The molecule has 0 aliphatic heterocycles. The highest BCUT2D eigenvalue weighted by atomic mass is 16.6. The van der Waals surface area contributed by atoms with Gasteiger partial charge in [0.05, 0.1) is 16.9 Å². The summed E-state index contributed by atoms with van der Waals surface area (Å²) in [5, 5.41) is 21.9. The van der Waals surface area contributed by atoms with Crippen molar-refractivity contribution in [1.29, 1.82) is 0 Å². The lowest BCUT2D eigenvalue weighted by molar-refractivity contribution is -0.384. The third-order valence-corrected chi connectivity index (χ3v) is 6.80. The van der Waals surface area contributed by atoms with Gasteiger partial charge in [0.2, 0.25) is 0 Å². The fourth-order valence-corrected chi connectivity index (χ4v) is 5.08. The van der Waals surface area contributed by atoms with E-state index in [-0.39, 0.29) is 28.7 Å². The summed E-state index contributed by atoms with van der Waals surface area (Å²) in [6.07, 6.45) is 4.03. The van der Waals surface area contributed by atoms with Crippen LogP contribution in [0.15, 0.2) is 66.7 Å². The molecule has 3 aromatic rings. The van der Waals surface area contributed by atoms with Crippen molar-refractivity contribution in [3.05, 3.63) is 93.5 Å². The van der Waals surface area contributed by atoms with Gasteiger partial charge in [-0.3, -0.25) is 14.9 Å². The quantitative estimate of drug-likeness (QED) is 0.150. The third kappa shape index (κ3) is 6.67. The number of fused-ring (bicyclic) bond motifs is 1. The van der Waals surface area contributed by atoms with E-state index in [9.17, 15) is 20.0 Å². The summed E-state index contributed by atoms with van der Waals surface area (Å²) < 4.78 is 11.7. The molecule has 4 rings (SSSR count). The number of phenolic OH excluding ortho intramolecular Hbond substituents is 1. The van der Waals surface area contributed by atoms with Gasteiger partial charge >= 0.3 is 5.97 Å². The SMILES string of the molecule is CC(CCCc1ccccc1)Oc1cc(O)c2c(c1)CC(C)(C)CC2C(=O)Oc1ccc([N+](=O)[O-])cc1. The van der Waals surface area contributed by atoms with Gasteiger partial charge in [0.1, 0.15) is 17.2 Å². The predicted octanol–water partition coefficient (Wildman–Crippen LogP) is 6.75. The zero-order valence-electron chi connectivity index (χ0n) is 21.5. The summed E-state index contributed by atoms with van der Waals surface area (Å²) in [5.41, 5.74) is 2.46. The van der Waals surface area contributed by atoms with Crippen molar-refractivity contribution in [3.63, 3.8) is 0 Å². The molecule has 1 aliphatic rings. The zero-order valence-corrected chi connectivity index (χ0v) is 21.5. The van der Waals surface area contributed by atoms with Crippen LogP contribution in [0.3, 0.4) is 0 Å². The van der Waals surface area contributed by atoms with Crippen LogP contribution in [0.25, 0.3) is 0 Å². The van der Waals surface area contributed by atoms with Crippen molar-refractivity contribution < 1.29 is 24.3 Å². The second kappa shape index (κ2) is 11.0. The molecule has 0 saturated heterocycles. The van der Waals surface area contributed by atoms with Crippen LogP contribution in [0.2, 0.25) is 0 Å². The van der Waals surface area contributed by atoms with Gasteiger partial charge in [0.25, 0.3) is 5.69 Å². The number of aryl methyl sites for hydroxylation is 1. The van der Waals surface area contributed by atoms with Crippen molar-refractivity contribution in [3.8, 4) is 17.2 Å². The van der Waals surface area contributed by atoms with E-state index in [2.05, 4.69) is 26.0 Å². The minimum atomic E-state index is -0.661. The maximum Gasteiger partial charge on any atom is 0.318 e. The summed E-state index contributed by atoms with van der Waals surface area (Å²) in [7, 11) is 0. The van der Waals surface area contributed by atoms with Crippen LogP contribution in [0.1, 0.15) is 62.6 Å². The lowest BCUT2D eigenvalue weighted by Gasteiger charge is -2.36. The number of nitrogens with zero attached hydrogens (tertiary/aromatic N) is 1. The van der Waals surface area contributed by atoms with Gasteiger partial charge in [-0.1, -0.05) is 44.2 Å². The van der Waals surface area contributed by atoms with E-state index in [0.29, 0.717) is 24.2 Å². The Morgan fingerprint density at radius 3 is 2.49 bits per heavy atom.